The molecular weight excluding hydrogens is 717 g/mol. The molecule has 3 heterocycles. The summed E-state index contributed by atoms with van der Waals surface area (Å²) in [7, 11) is -2.33. The molecule has 1 unspecified atom stereocenters. The summed E-state index contributed by atoms with van der Waals surface area (Å²) in [6, 6.07) is 3.20. The van der Waals surface area contributed by atoms with Crippen molar-refractivity contribution in [2.45, 2.75) is 120 Å². The van der Waals surface area contributed by atoms with Crippen LogP contribution in [0, 0.1) is 17.3 Å². The zero-order valence-electron chi connectivity index (χ0n) is 31.3. The van der Waals surface area contributed by atoms with Gasteiger partial charge in [-0.25, -0.2) is 23.2 Å². The first-order valence-electron chi connectivity index (χ1n) is 18.9. The third kappa shape index (κ3) is 7.85. The molecule has 292 valence electrons. The second-order valence-electron chi connectivity index (χ2n) is 16.5. The third-order valence-corrected chi connectivity index (χ3v) is 13.1. The number of alkyl carbamates (subject to hydrolysis) is 1. The van der Waals surface area contributed by atoms with Crippen molar-refractivity contribution in [3.8, 4) is 11.6 Å². The number of methoxy groups -OCH3 is 1. The van der Waals surface area contributed by atoms with Crippen LogP contribution in [-0.4, -0.2) is 95.8 Å². The number of carbonyl (C=O) groups excluding carboxylic acids is 4. The Kier molecular flexibility index (Phi) is 10.0. The molecule has 4 fully saturated rings. The standard InChI is InChI=1S/C38H50N6O9S/c1-6-22-19-38(22,35(47)43-54(49,50)25-13-14-25)42-32(45)29-18-24-20-44(29)34(46)31(37(2,3)4)41-36(48)53-30-16-21(30)10-8-7-9-11-27-33(52-24)40-28-17-23(51-5)12-15-26(28)39-27/h6,12,15,17,21-22,24-25,29-31H,1,7-11,13-14,16,18-20H2,2-5H3,(H,41,48)(H,42,45)(H,43,47)/t21-,22-,24-,29+,30-,31-,38?/m1/s1. The Hall–Kier alpha value is -4.47. The van der Waals surface area contributed by atoms with Crippen molar-refractivity contribution in [3.05, 3.63) is 36.5 Å². The number of nitrogens with zero attached hydrogens (tertiary/aromatic N) is 3. The fourth-order valence-electron chi connectivity index (χ4n) is 7.64. The lowest BCUT2D eigenvalue weighted by molar-refractivity contribution is -0.142. The van der Waals surface area contributed by atoms with E-state index in [4.69, 9.17) is 24.2 Å². The van der Waals surface area contributed by atoms with Crippen LogP contribution in [0.15, 0.2) is 30.9 Å². The predicted octanol–water partition coefficient (Wildman–Crippen LogP) is 3.30. The molecule has 0 spiro atoms. The molecule has 2 bridgehead atoms. The minimum atomic E-state index is -3.90. The van der Waals surface area contributed by atoms with E-state index in [1.165, 1.54) is 11.0 Å². The van der Waals surface area contributed by atoms with Gasteiger partial charge in [-0.1, -0.05) is 39.7 Å². The van der Waals surface area contributed by atoms with Crippen LogP contribution in [0.4, 0.5) is 4.79 Å². The van der Waals surface area contributed by atoms with E-state index in [0.717, 1.165) is 32.1 Å². The quantitative estimate of drug-likeness (QED) is 0.350. The third-order valence-electron chi connectivity index (χ3n) is 11.3. The number of rotatable bonds is 7. The van der Waals surface area contributed by atoms with Crippen molar-refractivity contribution < 1.29 is 41.8 Å². The summed E-state index contributed by atoms with van der Waals surface area (Å²) in [6.07, 6.45) is 5.93. The van der Waals surface area contributed by atoms with Crippen molar-refractivity contribution in [1.82, 2.24) is 30.2 Å². The highest BCUT2D eigenvalue weighted by atomic mass is 32.2. The molecule has 2 aliphatic heterocycles. The van der Waals surface area contributed by atoms with Crippen LogP contribution in [0.3, 0.4) is 0 Å². The molecule has 16 heteroatoms. The summed E-state index contributed by atoms with van der Waals surface area (Å²) in [5, 5.41) is 4.96. The van der Waals surface area contributed by atoms with Gasteiger partial charge in [-0.2, -0.15) is 0 Å². The summed E-state index contributed by atoms with van der Waals surface area (Å²) in [4.78, 5) is 66.8. The maximum atomic E-state index is 14.6. The molecule has 7 atom stereocenters. The fraction of sp³-hybridized carbons (Fsp3) is 0.632. The molecule has 1 aromatic heterocycles. The number of benzene rings is 1. The minimum absolute atomic E-state index is 0.0245. The van der Waals surface area contributed by atoms with Gasteiger partial charge in [0.1, 0.15) is 41.3 Å². The zero-order chi connectivity index (χ0) is 38.6. The van der Waals surface area contributed by atoms with E-state index in [0.29, 0.717) is 47.6 Å². The van der Waals surface area contributed by atoms with Crippen molar-refractivity contribution in [2.24, 2.45) is 17.3 Å². The highest BCUT2D eigenvalue weighted by Gasteiger charge is 2.62. The summed E-state index contributed by atoms with van der Waals surface area (Å²) in [6.45, 7) is 9.18. The number of sulfonamides is 1. The van der Waals surface area contributed by atoms with Gasteiger partial charge >= 0.3 is 6.09 Å². The largest absolute Gasteiger partial charge is 0.497 e. The Balaban J connectivity index is 1.22. The topological polar surface area (TPSA) is 195 Å². The van der Waals surface area contributed by atoms with Crippen LogP contribution < -0.4 is 24.8 Å². The normalized spacial score (nSPS) is 30.3. The SMILES string of the molecule is C=C[C@@H]1CC1(NC(=O)[C@@H]1C[C@@H]2CN1C(=O)[C@H](C(C)(C)C)NC(=O)O[C@@H]1C[C@H]1CCCCCc1nc3ccc(OC)cc3nc1O2)C(=O)NS(=O)(=O)C1CC1. The monoisotopic (exact) mass is 766 g/mol. The minimum Gasteiger partial charge on any atom is -0.497 e. The van der Waals surface area contributed by atoms with Gasteiger partial charge in [-0.3, -0.25) is 19.1 Å². The maximum Gasteiger partial charge on any atom is 0.408 e. The Morgan fingerprint density at radius 1 is 1.07 bits per heavy atom. The summed E-state index contributed by atoms with van der Waals surface area (Å²) >= 11 is 0. The average molecular weight is 767 g/mol. The molecule has 3 aliphatic carbocycles. The number of carbonyl (C=O) groups is 4. The van der Waals surface area contributed by atoms with Crippen LogP contribution in [0.25, 0.3) is 11.0 Å². The van der Waals surface area contributed by atoms with E-state index >= 15 is 0 Å². The molecule has 1 aromatic carbocycles. The number of fused-ring (bicyclic) bond motifs is 5. The average Bonchev–Trinajstić information content (AvgIpc) is 4.04. The van der Waals surface area contributed by atoms with Crippen LogP contribution >= 0.6 is 0 Å². The van der Waals surface area contributed by atoms with Gasteiger partial charge < -0.3 is 29.7 Å². The van der Waals surface area contributed by atoms with Gasteiger partial charge in [0.05, 0.1) is 29.9 Å². The van der Waals surface area contributed by atoms with Gasteiger partial charge in [-0.15, -0.1) is 6.58 Å². The molecule has 0 radical (unpaired) electrons. The molecule has 5 aliphatic rings. The molecule has 2 aromatic rings. The second-order valence-corrected chi connectivity index (χ2v) is 18.4. The van der Waals surface area contributed by atoms with E-state index < -0.39 is 74.1 Å². The molecule has 4 amide bonds. The van der Waals surface area contributed by atoms with Crippen molar-refractivity contribution in [1.29, 1.82) is 0 Å². The molecule has 15 nitrogen and oxygen atoms in total. The van der Waals surface area contributed by atoms with Crippen molar-refractivity contribution in [2.75, 3.05) is 13.7 Å². The van der Waals surface area contributed by atoms with Crippen LogP contribution in [0.5, 0.6) is 11.6 Å². The van der Waals surface area contributed by atoms with Gasteiger partial charge in [0.25, 0.3) is 5.91 Å². The lowest BCUT2D eigenvalue weighted by Crippen LogP contribution is -2.60. The van der Waals surface area contributed by atoms with Crippen LogP contribution in [0.1, 0.15) is 84.3 Å². The smallest absolute Gasteiger partial charge is 0.408 e. The Labute approximate surface area is 315 Å². The molecule has 54 heavy (non-hydrogen) atoms. The molecule has 7 rings (SSSR count). The molecule has 3 N–H and O–H groups in total. The lowest BCUT2D eigenvalue weighted by Gasteiger charge is -2.35. The van der Waals surface area contributed by atoms with Crippen molar-refractivity contribution in [3.63, 3.8) is 0 Å². The first-order chi connectivity index (χ1) is 25.6. The zero-order valence-corrected chi connectivity index (χ0v) is 32.1. The van der Waals surface area contributed by atoms with E-state index in [-0.39, 0.29) is 31.4 Å². The number of ether oxygens (including phenoxy) is 3. The summed E-state index contributed by atoms with van der Waals surface area (Å²) < 4.78 is 45.3. The number of hydrogen-bond acceptors (Lipinski definition) is 11. The van der Waals surface area contributed by atoms with Gasteiger partial charge in [0, 0.05) is 18.4 Å². The van der Waals surface area contributed by atoms with Crippen molar-refractivity contribution >= 4 is 44.9 Å². The van der Waals surface area contributed by atoms with Crippen LogP contribution in [-0.2, 0) is 35.6 Å². The number of aryl methyl sites for hydroxylation is 1. The Bertz CT molecular complexity index is 1960. The van der Waals surface area contributed by atoms with E-state index in [2.05, 4.69) is 21.9 Å². The summed E-state index contributed by atoms with van der Waals surface area (Å²) in [5.74, 6) is -1.39. The summed E-state index contributed by atoms with van der Waals surface area (Å²) in [5.41, 5.74) is -0.451. The van der Waals surface area contributed by atoms with E-state index in [9.17, 15) is 27.6 Å². The highest BCUT2D eigenvalue weighted by Crippen LogP contribution is 2.46. The number of aromatic nitrogens is 2. The van der Waals surface area contributed by atoms with Crippen LogP contribution in [0.2, 0.25) is 0 Å². The number of nitrogens with one attached hydrogen (secondary N) is 3. The van der Waals surface area contributed by atoms with Gasteiger partial charge in [0.15, 0.2) is 0 Å². The van der Waals surface area contributed by atoms with Gasteiger partial charge in [0.2, 0.25) is 27.7 Å². The first-order valence-corrected chi connectivity index (χ1v) is 20.5. The predicted molar refractivity (Wildman–Crippen MR) is 197 cm³/mol. The molecular formula is C38H50N6O9S. The fourth-order valence-corrected chi connectivity index (χ4v) is 9.00. The maximum absolute atomic E-state index is 14.6. The Morgan fingerprint density at radius 3 is 2.54 bits per heavy atom. The first kappa shape index (κ1) is 37.8. The Morgan fingerprint density at radius 2 is 1.85 bits per heavy atom. The number of amides is 4. The highest BCUT2D eigenvalue weighted by molar-refractivity contribution is 7.91. The van der Waals surface area contributed by atoms with E-state index in [1.807, 2.05) is 32.9 Å². The van der Waals surface area contributed by atoms with E-state index in [1.54, 1.807) is 13.2 Å². The van der Waals surface area contributed by atoms with Gasteiger partial charge in [-0.05, 0) is 68.4 Å². The number of hydrogen-bond donors (Lipinski definition) is 3. The second kappa shape index (κ2) is 14.3. The molecule has 1 saturated heterocycles. The molecule has 3 saturated carbocycles. The lowest BCUT2D eigenvalue weighted by atomic mass is 9.85.